The number of benzene rings is 4. The minimum Gasteiger partial charge on any atom is -0.490 e. The fourth-order valence-electron chi connectivity index (χ4n) is 3.82. The van der Waals surface area contributed by atoms with Gasteiger partial charge >= 0.3 is 0 Å². The van der Waals surface area contributed by atoms with E-state index in [0.29, 0.717) is 19.1 Å². The Morgan fingerprint density at radius 3 is 1.52 bits per heavy atom. The molecular weight excluding hydrogens is 428 g/mol. The molecule has 0 unspecified atom stereocenters. The summed E-state index contributed by atoms with van der Waals surface area (Å²) in [6.45, 7) is 0.978. The lowest BCUT2D eigenvalue weighted by Crippen LogP contribution is -2.08. The van der Waals surface area contributed by atoms with Crippen LogP contribution in [0.5, 0.6) is 11.5 Å². The summed E-state index contributed by atoms with van der Waals surface area (Å²) in [5.41, 5.74) is 5.93. The van der Waals surface area contributed by atoms with Crippen LogP contribution in [0.1, 0.15) is 23.1 Å². The summed E-state index contributed by atoms with van der Waals surface area (Å²) < 4.78 is 11.6. The first-order valence-electron chi connectivity index (χ1n) is 11.2. The largest absolute Gasteiger partial charge is 0.490 e. The van der Waals surface area contributed by atoms with E-state index in [1.54, 1.807) is 0 Å². The number of allylic oxidation sites excluding steroid dienone is 1. The number of hydrogen-bond donors (Lipinski definition) is 0. The predicted molar refractivity (Wildman–Crippen MR) is 138 cm³/mol. The molecule has 0 spiro atoms. The zero-order valence-corrected chi connectivity index (χ0v) is 19.2. The Balaban J connectivity index is 1.56. The zero-order chi connectivity index (χ0) is 22.7. The smallest absolute Gasteiger partial charge is 0.122 e. The summed E-state index contributed by atoms with van der Waals surface area (Å²) in [5.74, 6) is 2.23. The normalized spacial score (nSPS) is 11.5. The maximum Gasteiger partial charge on any atom is 0.122 e. The highest BCUT2D eigenvalue weighted by atomic mass is 35.5. The van der Waals surface area contributed by atoms with Crippen molar-refractivity contribution in [2.75, 3.05) is 19.1 Å². The second-order valence-corrected chi connectivity index (χ2v) is 7.94. The summed E-state index contributed by atoms with van der Waals surface area (Å²) in [6.07, 6.45) is 0.783. The van der Waals surface area contributed by atoms with Gasteiger partial charge in [-0.3, -0.25) is 0 Å². The van der Waals surface area contributed by atoms with E-state index in [9.17, 15) is 0 Å². The van der Waals surface area contributed by atoms with E-state index in [1.807, 2.05) is 54.6 Å². The molecule has 4 aromatic carbocycles. The predicted octanol–water partition coefficient (Wildman–Crippen LogP) is 7.73. The molecule has 0 N–H and O–H groups in total. The van der Waals surface area contributed by atoms with Crippen LogP contribution in [0.2, 0.25) is 0 Å². The first-order valence-corrected chi connectivity index (χ1v) is 11.7. The number of para-hydroxylation sites is 1. The molecule has 0 bridgehead atoms. The lowest BCUT2D eigenvalue weighted by molar-refractivity contribution is 0.217. The van der Waals surface area contributed by atoms with Crippen LogP contribution in [-0.2, 0) is 0 Å². The first-order chi connectivity index (χ1) is 16.3. The van der Waals surface area contributed by atoms with E-state index in [2.05, 4.69) is 60.7 Å². The van der Waals surface area contributed by atoms with Crippen molar-refractivity contribution in [2.24, 2.45) is 0 Å². The van der Waals surface area contributed by atoms with Crippen LogP contribution >= 0.6 is 11.6 Å². The summed E-state index contributed by atoms with van der Waals surface area (Å²) in [7, 11) is 0. The van der Waals surface area contributed by atoms with Gasteiger partial charge in [0.2, 0.25) is 0 Å². The van der Waals surface area contributed by atoms with Gasteiger partial charge < -0.3 is 9.47 Å². The van der Waals surface area contributed by atoms with Crippen LogP contribution in [0, 0.1) is 0 Å². The van der Waals surface area contributed by atoms with Crippen LogP contribution in [0.15, 0.2) is 115 Å². The van der Waals surface area contributed by atoms with Gasteiger partial charge in [0.1, 0.15) is 24.7 Å². The van der Waals surface area contributed by atoms with E-state index >= 15 is 0 Å². The lowest BCUT2D eigenvalue weighted by Gasteiger charge is -2.17. The van der Waals surface area contributed by atoms with Crippen molar-refractivity contribution in [3.8, 4) is 11.5 Å². The van der Waals surface area contributed by atoms with Crippen LogP contribution in [-0.4, -0.2) is 19.1 Å². The van der Waals surface area contributed by atoms with Gasteiger partial charge in [0.15, 0.2) is 0 Å². The summed E-state index contributed by atoms with van der Waals surface area (Å²) in [6, 6.07) is 39.0. The molecule has 0 aromatic heterocycles. The van der Waals surface area contributed by atoms with Crippen molar-refractivity contribution >= 4 is 22.7 Å². The Morgan fingerprint density at radius 1 is 0.515 bits per heavy atom. The SMILES string of the molecule is ClCC/C(=C(\c1ccccc1)c1ccc(OCCOc2ccccc2)cc1)c1ccccc1. The first kappa shape index (κ1) is 22.7. The van der Waals surface area contributed by atoms with Crippen molar-refractivity contribution in [2.45, 2.75) is 6.42 Å². The number of rotatable bonds is 10. The molecular formula is C30H27ClO2. The van der Waals surface area contributed by atoms with Gasteiger partial charge in [-0.05, 0) is 58.5 Å². The molecule has 0 radical (unpaired) electrons. The molecule has 0 heterocycles. The molecule has 0 atom stereocenters. The quantitative estimate of drug-likeness (QED) is 0.139. The van der Waals surface area contributed by atoms with Crippen molar-refractivity contribution < 1.29 is 9.47 Å². The number of halogens is 1. The van der Waals surface area contributed by atoms with Crippen molar-refractivity contribution in [1.29, 1.82) is 0 Å². The van der Waals surface area contributed by atoms with Gasteiger partial charge in [-0.1, -0.05) is 91.0 Å². The Bertz CT molecular complexity index is 1140. The standard InChI is InChI=1S/C30H27ClO2/c31-21-20-29(24-10-4-1-5-11-24)30(25-12-6-2-7-13-25)26-16-18-28(19-17-26)33-23-22-32-27-14-8-3-9-15-27/h1-19H,20-23H2/b30-29-. The molecule has 166 valence electrons. The van der Waals surface area contributed by atoms with Gasteiger partial charge in [-0.25, -0.2) is 0 Å². The topological polar surface area (TPSA) is 18.5 Å². The fraction of sp³-hybridized carbons (Fsp3) is 0.133. The molecule has 2 nitrogen and oxygen atoms in total. The van der Waals surface area contributed by atoms with E-state index in [0.717, 1.165) is 23.5 Å². The van der Waals surface area contributed by atoms with Gasteiger partial charge in [0, 0.05) is 5.88 Å². The highest BCUT2D eigenvalue weighted by Gasteiger charge is 2.14. The molecule has 0 aliphatic heterocycles. The zero-order valence-electron chi connectivity index (χ0n) is 18.5. The third kappa shape index (κ3) is 6.27. The molecule has 0 saturated heterocycles. The van der Waals surface area contributed by atoms with Gasteiger partial charge in [0.05, 0.1) is 0 Å². The molecule has 0 amide bonds. The second-order valence-electron chi connectivity index (χ2n) is 7.56. The van der Waals surface area contributed by atoms with Crippen LogP contribution < -0.4 is 9.47 Å². The average Bonchev–Trinajstić information content (AvgIpc) is 2.89. The minimum absolute atomic E-state index is 0.483. The van der Waals surface area contributed by atoms with Crippen molar-refractivity contribution in [3.63, 3.8) is 0 Å². The van der Waals surface area contributed by atoms with Gasteiger partial charge in [-0.15, -0.1) is 11.6 Å². The second kappa shape index (κ2) is 11.9. The van der Waals surface area contributed by atoms with Crippen LogP contribution in [0.25, 0.3) is 11.1 Å². The molecule has 0 aliphatic rings. The maximum atomic E-state index is 6.24. The number of ether oxygens (including phenoxy) is 2. The minimum atomic E-state index is 0.483. The number of alkyl halides is 1. The van der Waals surface area contributed by atoms with Crippen LogP contribution in [0.3, 0.4) is 0 Å². The third-order valence-corrected chi connectivity index (χ3v) is 5.53. The highest BCUT2D eigenvalue weighted by Crippen LogP contribution is 2.35. The Kier molecular flexibility index (Phi) is 8.21. The molecule has 33 heavy (non-hydrogen) atoms. The molecule has 3 heteroatoms. The Morgan fingerprint density at radius 2 is 0.970 bits per heavy atom. The number of hydrogen-bond acceptors (Lipinski definition) is 2. The highest BCUT2D eigenvalue weighted by molar-refractivity contribution is 6.18. The fourth-order valence-corrected chi connectivity index (χ4v) is 4.01. The molecule has 0 aliphatic carbocycles. The molecule has 4 rings (SSSR count). The van der Waals surface area contributed by atoms with Crippen molar-refractivity contribution in [1.82, 2.24) is 0 Å². The van der Waals surface area contributed by atoms with Gasteiger partial charge in [0.25, 0.3) is 0 Å². The van der Waals surface area contributed by atoms with E-state index in [1.165, 1.54) is 22.3 Å². The van der Waals surface area contributed by atoms with Crippen LogP contribution in [0.4, 0.5) is 0 Å². The monoisotopic (exact) mass is 454 g/mol. The summed E-state index contributed by atoms with van der Waals surface area (Å²) in [5, 5.41) is 0. The van der Waals surface area contributed by atoms with E-state index in [4.69, 9.17) is 21.1 Å². The lowest BCUT2D eigenvalue weighted by atomic mass is 9.88. The van der Waals surface area contributed by atoms with Crippen molar-refractivity contribution in [3.05, 3.63) is 132 Å². The molecule has 0 fully saturated rings. The molecule has 0 saturated carbocycles. The third-order valence-electron chi connectivity index (χ3n) is 5.34. The summed E-state index contributed by atoms with van der Waals surface area (Å²) in [4.78, 5) is 0. The average molecular weight is 455 g/mol. The Hall–Kier alpha value is -3.49. The molecule has 4 aromatic rings. The maximum absolute atomic E-state index is 6.24. The van der Waals surface area contributed by atoms with E-state index < -0.39 is 0 Å². The summed E-state index contributed by atoms with van der Waals surface area (Å²) >= 11 is 6.24. The van der Waals surface area contributed by atoms with E-state index in [-0.39, 0.29) is 0 Å². The Labute approximate surface area is 201 Å². The van der Waals surface area contributed by atoms with Gasteiger partial charge in [-0.2, -0.15) is 0 Å².